The highest BCUT2D eigenvalue weighted by atomic mass is 16.5. The summed E-state index contributed by atoms with van der Waals surface area (Å²) in [5.74, 6) is 0.937. The molecule has 1 N–H and O–H groups in total. The van der Waals surface area contributed by atoms with Crippen molar-refractivity contribution >= 4 is 17.4 Å². The van der Waals surface area contributed by atoms with Crippen molar-refractivity contribution < 1.29 is 33.6 Å². The summed E-state index contributed by atoms with van der Waals surface area (Å²) in [5.41, 5.74) is 1.12. The molecule has 1 unspecified atom stereocenters. The average Bonchev–Trinajstić information content (AvgIpc) is 3.24. The van der Waals surface area contributed by atoms with E-state index in [0.717, 1.165) is 19.3 Å². The minimum absolute atomic E-state index is 0.0243. The third-order valence-electron chi connectivity index (χ3n) is 6.78. The number of aliphatic hydroxyl groups excluding tert-OH is 1. The smallest absolute Gasteiger partial charge is 0.295 e. The molecule has 40 heavy (non-hydrogen) atoms. The molecule has 1 atom stereocenters. The van der Waals surface area contributed by atoms with E-state index >= 15 is 0 Å². The van der Waals surface area contributed by atoms with Gasteiger partial charge >= 0.3 is 0 Å². The van der Waals surface area contributed by atoms with Gasteiger partial charge in [0, 0.05) is 5.56 Å². The molecule has 0 radical (unpaired) electrons. The van der Waals surface area contributed by atoms with Gasteiger partial charge < -0.3 is 29.0 Å². The Hall–Kier alpha value is -4.46. The van der Waals surface area contributed by atoms with Crippen molar-refractivity contribution in [3.63, 3.8) is 0 Å². The molecule has 1 aliphatic rings. The Balaban J connectivity index is 1.60. The quantitative estimate of drug-likeness (QED) is 0.126. The molecule has 0 spiro atoms. The fourth-order valence-corrected chi connectivity index (χ4v) is 4.58. The number of hydrogen-bond acceptors (Lipinski definition) is 7. The number of hydrogen-bond donors (Lipinski definition) is 1. The number of rotatable bonds is 13. The van der Waals surface area contributed by atoms with Gasteiger partial charge in [-0.15, -0.1) is 0 Å². The lowest BCUT2D eigenvalue weighted by atomic mass is 9.95. The molecule has 8 nitrogen and oxygen atoms in total. The van der Waals surface area contributed by atoms with E-state index in [2.05, 4.69) is 6.92 Å². The van der Waals surface area contributed by atoms with Crippen molar-refractivity contribution in [1.29, 1.82) is 0 Å². The number of benzene rings is 3. The largest absolute Gasteiger partial charge is 0.507 e. The second kappa shape index (κ2) is 13.6. The SMILES string of the molecule is CCCCCOc1ccc(/C(O)=C2/C(=O)C(=O)N(CCOc3ccc(OC)cc3)C2c2ccc(OC)cc2)cc1. The second-order valence-electron chi connectivity index (χ2n) is 9.37. The summed E-state index contributed by atoms with van der Waals surface area (Å²) in [6, 6.07) is 20.3. The minimum atomic E-state index is -0.796. The number of ketones is 1. The zero-order valence-electron chi connectivity index (χ0n) is 23.1. The molecule has 3 aromatic rings. The minimum Gasteiger partial charge on any atom is -0.507 e. The molecule has 210 valence electrons. The first-order valence-electron chi connectivity index (χ1n) is 13.4. The van der Waals surface area contributed by atoms with Gasteiger partial charge in [0.25, 0.3) is 11.7 Å². The third-order valence-corrected chi connectivity index (χ3v) is 6.78. The van der Waals surface area contributed by atoms with Crippen molar-refractivity contribution in [2.75, 3.05) is 34.0 Å². The van der Waals surface area contributed by atoms with Crippen LogP contribution in [0.25, 0.3) is 5.76 Å². The summed E-state index contributed by atoms with van der Waals surface area (Å²) in [7, 11) is 3.15. The molecule has 0 aliphatic carbocycles. The van der Waals surface area contributed by atoms with Gasteiger partial charge in [0.15, 0.2) is 0 Å². The van der Waals surface area contributed by atoms with Gasteiger partial charge in [0.1, 0.15) is 35.4 Å². The molecule has 8 heteroatoms. The number of nitrogens with zero attached hydrogens (tertiary/aromatic N) is 1. The van der Waals surface area contributed by atoms with E-state index in [1.54, 1.807) is 87.0 Å². The Bertz CT molecular complexity index is 1310. The number of Topliss-reactive ketones (excluding diaryl/α,β-unsaturated/α-hetero) is 1. The van der Waals surface area contributed by atoms with Crippen LogP contribution in [0.3, 0.4) is 0 Å². The van der Waals surface area contributed by atoms with E-state index < -0.39 is 17.7 Å². The molecule has 1 amide bonds. The molecular weight excluding hydrogens is 510 g/mol. The van der Waals surface area contributed by atoms with Crippen molar-refractivity contribution in [3.05, 3.63) is 89.5 Å². The van der Waals surface area contributed by atoms with Crippen LogP contribution in [0.15, 0.2) is 78.4 Å². The highest BCUT2D eigenvalue weighted by molar-refractivity contribution is 6.46. The first-order valence-corrected chi connectivity index (χ1v) is 13.4. The lowest BCUT2D eigenvalue weighted by Gasteiger charge is -2.25. The van der Waals surface area contributed by atoms with Gasteiger partial charge in [0.2, 0.25) is 0 Å². The Kier molecular flexibility index (Phi) is 9.67. The number of amides is 1. The van der Waals surface area contributed by atoms with E-state index in [4.69, 9.17) is 18.9 Å². The first kappa shape index (κ1) is 28.5. The molecule has 0 saturated carbocycles. The van der Waals surface area contributed by atoms with Crippen LogP contribution in [-0.4, -0.2) is 55.7 Å². The van der Waals surface area contributed by atoms with E-state index in [1.165, 1.54) is 4.90 Å². The van der Waals surface area contributed by atoms with Crippen molar-refractivity contribution in [2.24, 2.45) is 0 Å². The molecule has 0 bridgehead atoms. The highest BCUT2D eigenvalue weighted by Crippen LogP contribution is 2.40. The topological polar surface area (TPSA) is 94.5 Å². The number of methoxy groups -OCH3 is 2. The lowest BCUT2D eigenvalue weighted by Crippen LogP contribution is -2.33. The van der Waals surface area contributed by atoms with E-state index in [1.807, 2.05) is 0 Å². The summed E-state index contributed by atoms with van der Waals surface area (Å²) in [6.45, 7) is 3.03. The number of unbranched alkanes of at least 4 members (excludes halogenated alkanes) is 2. The fraction of sp³-hybridized carbons (Fsp3) is 0.312. The van der Waals surface area contributed by atoms with Crippen molar-refractivity contribution in [3.8, 4) is 23.0 Å². The Morgan fingerprint density at radius 1 is 0.750 bits per heavy atom. The fourth-order valence-electron chi connectivity index (χ4n) is 4.58. The van der Waals surface area contributed by atoms with Crippen LogP contribution in [-0.2, 0) is 9.59 Å². The highest BCUT2D eigenvalue weighted by Gasteiger charge is 2.46. The number of carbonyl (C=O) groups is 2. The third kappa shape index (κ3) is 6.57. The number of likely N-dealkylation sites (tertiary alicyclic amines) is 1. The van der Waals surface area contributed by atoms with Gasteiger partial charge in [-0.1, -0.05) is 31.9 Å². The predicted molar refractivity (Wildman–Crippen MR) is 152 cm³/mol. The van der Waals surface area contributed by atoms with Crippen LogP contribution in [0.2, 0.25) is 0 Å². The van der Waals surface area contributed by atoms with E-state index in [-0.39, 0.29) is 24.5 Å². The second-order valence-corrected chi connectivity index (χ2v) is 9.37. The van der Waals surface area contributed by atoms with Crippen LogP contribution in [0.5, 0.6) is 23.0 Å². The number of aliphatic hydroxyl groups is 1. The maximum Gasteiger partial charge on any atom is 0.295 e. The normalized spacial score (nSPS) is 16.2. The van der Waals surface area contributed by atoms with Crippen LogP contribution >= 0.6 is 0 Å². The summed E-state index contributed by atoms with van der Waals surface area (Å²) < 4.78 is 22.1. The Morgan fingerprint density at radius 3 is 1.85 bits per heavy atom. The molecule has 1 heterocycles. The average molecular weight is 546 g/mol. The van der Waals surface area contributed by atoms with Crippen molar-refractivity contribution in [2.45, 2.75) is 32.2 Å². The summed E-state index contributed by atoms with van der Waals surface area (Å²) in [4.78, 5) is 28.0. The first-order chi connectivity index (χ1) is 19.5. The van der Waals surface area contributed by atoms with Gasteiger partial charge in [-0.25, -0.2) is 0 Å². The van der Waals surface area contributed by atoms with Gasteiger partial charge in [-0.3, -0.25) is 9.59 Å². The maximum atomic E-state index is 13.3. The van der Waals surface area contributed by atoms with Crippen LogP contribution in [0.4, 0.5) is 0 Å². The molecule has 1 aliphatic heterocycles. The Labute approximate surface area is 234 Å². The summed E-state index contributed by atoms with van der Waals surface area (Å²) >= 11 is 0. The van der Waals surface area contributed by atoms with Gasteiger partial charge in [0.05, 0.1) is 39.0 Å². The van der Waals surface area contributed by atoms with E-state index in [0.29, 0.717) is 40.7 Å². The monoisotopic (exact) mass is 545 g/mol. The molecular formula is C32H35NO7. The standard InChI is InChI=1S/C32H35NO7/c1-4-5-6-20-39-26-13-9-23(10-14-26)30(34)28-29(22-7-11-24(37-2)12-8-22)33(32(36)31(28)35)19-21-40-27-17-15-25(38-3)16-18-27/h7-18,29,34H,4-6,19-21H2,1-3H3/b30-28-. The zero-order chi connectivity index (χ0) is 28.5. The molecule has 3 aromatic carbocycles. The van der Waals surface area contributed by atoms with Gasteiger partial charge in [-0.05, 0) is 72.6 Å². The summed E-state index contributed by atoms with van der Waals surface area (Å²) in [6.07, 6.45) is 3.16. The molecule has 4 rings (SSSR count). The number of carbonyl (C=O) groups excluding carboxylic acids is 2. The lowest BCUT2D eigenvalue weighted by molar-refractivity contribution is -0.140. The van der Waals surface area contributed by atoms with Crippen molar-refractivity contribution in [1.82, 2.24) is 4.90 Å². The molecule has 1 saturated heterocycles. The van der Waals surface area contributed by atoms with Crippen LogP contribution in [0.1, 0.15) is 43.4 Å². The molecule has 0 aromatic heterocycles. The zero-order valence-corrected chi connectivity index (χ0v) is 23.1. The maximum absolute atomic E-state index is 13.3. The van der Waals surface area contributed by atoms with E-state index in [9.17, 15) is 14.7 Å². The predicted octanol–water partition coefficient (Wildman–Crippen LogP) is 5.77. The summed E-state index contributed by atoms with van der Waals surface area (Å²) in [5, 5.41) is 11.3. The van der Waals surface area contributed by atoms with Gasteiger partial charge in [-0.2, -0.15) is 0 Å². The Morgan fingerprint density at radius 2 is 1.27 bits per heavy atom. The van der Waals surface area contributed by atoms with Crippen LogP contribution < -0.4 is 18.9 Å². The number of ether oxygens (including phenoxy) is 4. The molecule has 1 fully saturated rings. The van der Waals surface area contributed by atoms with Crippen LogP contribution in [0, 0.1) is 0 Å².